The van der Waals surface area contributed by atoms with Crippen LogP contribution in [-0.4, -0.2) is 22.4 Å². The van der Waals surface area contributed by atoms with Crippen molar-refractivity contribution in [3.05, 3.63) is 82.8 Å². The van der Waals surface area contributed by atoms with E-state index >= 15 is 0 Å². The molecule has 0 fully saturated rings. The van der Waals surface area contributed by atoms with Gasteiger partial charge >= 0.3 is 0 Å². The number of hydrogen-bond donors (Lipinski definition) is 1. The summed E-state index contributed by atoms with van der Waals surface area (Å²) in [6.07, 6.45) is 1.82. The highest BCUT2D eigenvalue weighted by Gasteiger charge is 2.20. The summed E-state index contributed by atoms with van der Waals surface area (Å²) in [6, 6.07) is 18.6. The number of nitrogens with one attached hydrogen (secondary N) is 1. The smallest absolute Gasteiger partial charge is 0.255 e. The van der Waals surface area contributed by atoms with E-state index in [1.165, 1.54) is 11.1 Å². The SMILES string of the molecule is Cc1nc(C)c(C(=O)NCCCc2ccccc2)c(-c2ccc(C(C)(C)C)cc2)n1. The Morgan fingerprint density at radius 1 is 0.933 bits per heavy atom. The van der Waals surface area contributed by atoms with Crippen molar-refractivity contribution in [1.29, 1.82) is 0 Å². The second kappa shape index (κ2) is 9.21. The molecule has 2 aromatic carbocycles. The summed E-state index contributed by atoms with van der Waals surface area (Å²) in [5, 5.41) is 3.06. The topological polar surface area (TPSA) is 54.9 Å². The van der Waals surface area contributed by atoms with Crippen LogP contribution in [0.3, 0.4) is 0 Å². The van der Waals surface area contributed by atoms with Gasteiger partial charge in [0.2, 0.25) is 0 Å². The quantitative estimate of drug-likeness (QED) is 0.561. The van der Waals surface area contributed by atoms with E-state index in [2.05, 4.69) is 60.3 Å². The first-order valence-corrected chi connectivity index (χ1v) is 10.5. The lowest BCUT2D eigenvalue weighted by Gasteiger charge is -2.19. The van der Waals surface area contributed by atoms with Crippen molar-refractivity contribution in [3.63, 3.8) is 0 Å². The minimum absolute atomic E-state index is 0.0784. The molecule has 0 unspecified atom stereocenters. The lowest BCUT2D eigenvalue weighted by atomic mass is 9.86. The van der Waals surface area contributed by atoms with Crippen molar-refractivity contribution in [3.8, 4) is 11.3 Å². The summed E-state index contributed by atoms with van der Waals surface area (Å²) < 4.78 is 0. The van der Waals surface area contributed by atoms with Crippen LogP contribution in [0.15, 0.2) is 54.6 Å². The van der Waals surface area contributed by atoms with E-state index < -0.39 is 0 Å². The molecule has 0 aliphatic heterocycles. The Kier molecular flexibility index (Phi) is 6.66. The first-order valence-electron chi connectivity index (χ1n) is 10.5. The minimum atomic E-state index is -0.115. The van der Waals surface area contributed by atoms with E-state index in [1.807, 2.05) is 44.2 Å². The van der Waals surface area contributed by atoms with E-state index in [0.29, 0.717) is 29.3 Å². The summed E-state index contributed by atoms with van der Waals surface area (Å²) in [5.41, 5.74) is 5.50. The van der Waals surface area contributed by atoms with Crippen LogP contribution >= 0.6 is 0 Å². The lowest BCUT2D eigenvalue weighted by Crippen LogP contribution is -2.27. The van der Waals surface area contributed by atoms with Gasteiger partial charge in [-0.05, 0) is 43.2 Å². The zero-order valence-corrected chi connectivity index (χ0v) is 18.6. The molecule has 0 spiro atoms. The summed E-state index contributed by atoms with van der Waals surface area (Å²) >= 11 is 0. The van der Waals surface area contributed by atoms with Crippen LogP contribution in [0.2, 0.25) is 0 Å². The molecule has 1 heterocycles. The Hall–Kier alpha value is -3.01. The van der Waals surface area contributed by atoms with Crippen molar-refractivity contribution >= 4 is 5.91 Å². The fourth-order valence-electron chi connectivity index (χ4n) is 3.55. The van der Waals surface area contributed by atoms with Crippen LogP contribution in [-0.2, 0) is 11.8 Å². The minimum Gasteiger partial charge on any atom is -0.352 e. The number of aromatic nitrogens is 2. The van der Waals surface area contributed by atoms with E-state index in [1.54, 1.807) is 0 Å². The molecule has 3 rings (SSSR count). The van der Waals surface area contributed by atoms with Crippen LogP contribution in [0, 0.1) is 13.8 Å². The normalized spacial score (nSPS) is 11.4. The summed E-state index contributed by atoms with van der Waals surface area (Å²) in [4.78, 5) is 22.1. The Labute approximate surface area is 179 Å². The van der Waals surface area contributed by atoms with Gasteiger partial charge in [0, 0.05) is 12.1 Å². The van der Waals surface area contributed by atoms with Crippen LogP contribution in [0.4, 0.5) is 0 Å². The first-order chi connectivity index (χ1) is 14.3. The molecule has 4 heteroatoms. The van der Waals surface area contributed by atoms with E-state index in [0.717, 1.165) is 18.4 Å². The summed E-state index contributed by atoms with van der Waals surface area (Å²) in [5.74, 6) is 0.554. The molecule has 0 atom stereocenters. The molecular weight excluding hydrogens is 370 g/mol. The number of amides is 1. The molecule has 30 heavy (non-hydrogen) atoms. The Morgan fingerprint density at radius 2 is 1.60 bits per heavy atom. The average molecular weight is 402 g/mol. The van der Waals surface area contributed by atoms with Crippen molar-refractivity contribution in [2.45, 2.75) is 52.9 Å². The molecule has 1 amide bonds. The lowest BCUT2D eigenvalue weighted by molar-refractivity contribution is 0.0952. The molecule has 1 N–H and O–H groups in total. The third-order valence-electron chi connectivity index (χ3n) is 5.22. The second-order valence-corrected chi connectivity index (χ2v) is 8.75. The standard InChI is InChI=1S/C26H31N3O/c1-18-23(25(30)27-17-9-12-20-10-7-6-8-11-20)24(29-19(2)28-18)21-13-15-22(16-14-21)26(3,4)5/h6-8,10-11,13-16H,9,12,17H2,1-5H3,(H,27,30). The number of carbonyl (C=O) groups excluding carboxylic acids is 1. The Morgan fingerprint density at radius 3 is 2.23 bits per heavy atom. The van der Waals surface area contributed by atoms with Gasteiger partial charge in [0.15, 0.2) is 0 Å². The molecule has 0 radical (unpaired) electrons. The monoisotopic (exact) mass is 401 g/mol. The molecule has 1 aromatic heterocycles. The van der Waals surface area contributed by atoms with E-state index in [9.17, 15) is 4.79 Å². The number of rotatable bonds is 6. The Balaban J connectivity index is 1.78. The van der Waals surface area contributed by atoms with Gasteiger partial charge in [-0.3, -0.25) is 4.79 Å². The summed E-state index contributed by atoms with van der Waals surface area (Å²) in [6.45, 7) is 10.9. The highest BCUT2D eigenvalue weighted by atomic mass is 16.1. The molecule has 156 valence electrons. The maximum Gasteiger partial charge on any atom is 0.255 e. The van der Waals surface area contributed by atoms with Crippen molar-refractivity contribution in [1.82, 2.24) is 15.3 Å². The maximum absolute atomic E-state index is 13.0. The summed E-state index contributed by atoms with van der Waals surface area (Å²) in [7, 11) is 0. The fourth-order valence-corrected chi connectivity index (χ4v) is 3.55. The van der Waals surface area contributed by atoms with Gasteiger partial charge in [-0.2, -0.15) is 0 Å². The number of hydrogen-bond acceptors (Lipinski definition) is 3. The highest BCUT2D eigenvalue weighted by Crippen LogP contribution is 2.28. The molecule has 0 saturated carbocycles. The molecular formula is C26H31N3O. The van der Waals surface area contributed by atoms with Crippen LogP contribution in [0.1, 0.15) is 60.2 Å². The Bertz CT molecular complexity index is 1000. The van der Waals surface area contributed by atoms with Gasteiger partial charge in [-0.15, -0.1) is 0 Å². The third-order valence-corrected chi connectivity index (χ3v) is 5.22. The molecule has 0 bridgehead atoms. The zero-order chi connectivity index (χ0) is 21.7. The van der Waals surface area contributed by atoms with Crippen molar-refractivity contribution in [2.75, 3.05) is 6.54 Å². The largest absolute Gasteiger partial charge is 0.352 e. The molecule has 0 saturated heterocycles. The zero-order valence-electron chi connectivity index (χ0n) is 18.6. The first kappa shape index (κ1) is 21.7. The van der Waals surface area contributed by atoms with Crippen LogP contribution < -0.4 is 5.32 Å². The molecule has 4 nitrogen and oxygen atoms in total. The van der Waals surface area contributed by atoms with Crippen molar-refractivity contribution < 1.29 is 4.79 Å². The van der Waals surface area contributed by atoms with Gasteiger partial charge in [-0.1, -0.05) is 75.4 Å². The van der Waals surface area contributed by atoms with E-state index in [4.69, 9.17) is 0 Å². The number of benzene rings is 2. The average Bonchev–Trinajstić information content (AvgIpc) is 2.71. The number of nitrogens with zero attached hydrogens (tertiary/aromatic N) is 2. The van der Waals surface area contributed by atoms with Gasteiger partial charge in [0.1, 0.15) is 5.82 Å². The van der Waals surface area contributed by atoms with Gasteiger partial charge < -0.3 is 5.32 Å². The number of aryl methyl sites for hydroxylation is 3. The van der Waals surface area contributed by atoms with E-state index in [-0.39, 0.29) is 11.3 Å². The predicted octanol–water partition coefficient (Wildman–Crippen LogP) is 5.42. The van der Waals surface area contributed by atoms with Gasteiger partial charge in [-0.25, -0.2) is 9.97 Å². The highest BCUT2D eigenvalue weighted by molar-refractivity contribution is 6.00. The fraction of sp³-hybridized carbons (Fsp3) is 0.346. The number of carbonyl (C=O) groups is 1. The van der Waals surface area contributed by atoms with Crippen LogP contribution in [0.25, 0.3) is 11.3 Å². The van der Waals surface area contributed by atoms with Gasteiger partial charge in [0.05, 0.1) is 17.0 Å². The third kappa shape index (κ3) is 5.32. The maximum atomic E-state index is 13.0. The van der Waals surface area contributed by atoms with Crippen LogP contribution in [0.5, 0.6) is 0 Å². The molecule has 0 aliphatic carbocycles. The molecule has 0 aliphatic rings. The second-order valence-electron chi connectivity index (χ2n) is 8.75. The van der Waals surface area contributed by atoms with Gasteiger partial charge in [0.25, 0.3) is 5.91 Å². The predicted molar refractivity (Wildman–Crippen MR) is 123 cm³/mol. The molecule has 3 aromatic rings. The van der Waals surface area contributed by atoms with Crippen molar-refractivity contribution in [2.24, 2.45) is 0 Å².